The van der Waals surface area contributed by atoms with Gasteiger partial charge in [-0.05, 0) is 12.8 Å². The first kappa shape index (κ1) is 19.9. The van der Waals surface area contributed by atoms with E-state index < -0.39 is 10.0 Å². The van der Waals surface area contributed by atoms with E-state index in [1.54, 1.807) is 0 Å². The van der Waals surface area contributed by atoms with Crippen LogP contribution in [-0.4, -0.2) is 50.6 Å². The molecule has 20 heavy (non-hydrogen) atoms. The number of halogens is 1. The molecule has 1 heterocycles. The molecule has 0 aromatic heterocycles. The van der Waals surface area contributed by atoms with Gasteiger partial charge in [0.1, 0.15) is 0 Å². The lowest BCUT2D eigenvalue weighted by atomic mass is 10.2. The van der Waals surface area contributed by atoms with Gasteiger partial charge in [-0.1, -0.05) is 26.2 Å². The summed E-state index contributed by atoms with van der Waals surface area (Å²) in [6.07, 6.45) is 5.40. The van der Waals surface area contributed by atoms with Crippen LogP contribution in [0, 0.1) is 0 Å². The Hall–Kier alpha value is -0.0900. The molecule has 1 aliphatic heterocycles. The van der Waals surface area contributed by atoms with Crippen molar-refractivity contribution in [1.82, 2.24) is 9.62 Å². The van der Waals surface area contributed by atoms with E-state index in [2.05, 4.69) is 17.2 Å². The Kier molecular flexibility index (Phi) is 10.6. The van der Waals surface area contributed by atoms with Crippen LogP contribution in [-0.2, 0) is 10.0 Å². The SMILES string of the molecule is CCCCCCN=C(N)NCCN1CCCS1(=O)=O.I. The number of nitrogens with two attached hydrogens (primary N) is 1. The molecule has 0 bridgehead atoms. The van der Waals surface area contributed by atoms with E-state index in [0.717, 1.165) is 19.4 Å². The summed E-state index contributed by atoms with van der Waals surface area (Å²) in [6.45, 7) is 4.52. The molecule has 1 rings (SSSR count). The van der Waals surface area contributed by atoms with Crippen molar-refractivity contribution in [3.05, 3.63) is 0 Å². The normalized spacial score (nSPS) is 18.8. The summed E-state index contributed by atoms with van der Waals surface area (Å²) in [4.78, 5) is 4.21. The summed E-state index contributed by atoms with van der Waals surface area (Å²) in [5, 5.41) is 2.96. The van der Waals surface area contributed by atoms with Gasteiger partial charge in [0.05, 0.1) is 5.75 Å². The van der Waals surface area contributed by atoms with Crippen molar-refractivity contribution < 1.29 is 8.42 Å². The van der Waals surface area contributed by atoms with Gasteiger partial charge in [-0.25, -0.2) is 12.7 Å². The van der Waals surface area contributed by atoms with Crippen LogP contribution >= 0.6 is 24.0 Å². The van der Waals surface area contributed by atoms with Gasteiger partial charge in [0, 0.05) is 26.2 Å². The summed E-state index contributed by atoms with van der Waals surface area (Å²) in [5.41, 5.74) is 5.71. The summed E-state index contributed by atoms with van der Waals surface area (Å²) >= 11 is 0. The van der Waals surface area contributed by atoms with E-state index >= 15 is 0 Å². The Morgan fingerprint density at radius 3 is 2.70 bits per heavy atom. The highest BCUT2D eigenvalue weighted by Crippen LogP contribution is 2.11. The number of nitrogens with one attached hydrogen (secondary N) is 1. The topological polar surface area (TPSA) is 87.8 Å². The number of sulfonamides is 1. The smallest absolute Gasteiger partial charge is 0.214 e. The first-order valence-corrected chi connectivity index (χ1v) is 8.69. The maximum absolute atomic E-state index is 11.5. The van der Waals surface area contributed by atoms with Crippen LogP contribution in [0.4, 0.5) is 0 Å². The summed E-state index contributed by atoms with van der Waals surface area (Å²) in [7, 11) is -3.00. The van der Waals surface area contributed by atoms with Crippen LogP contribution in [0.15, 0.2) is 4.99 Å². The molecule has 0 aromatic rings. The minimum atomic E-state index is -3.00. The van der Waals surface area contributed by atoms with E-state index in [-0.39, 0.29) is 29.7 Å². The number of aliphatic imine (C=N–C) groups is 1. The second-order valence-corrected chi connectivity index (χ2v) is 6.91. The molecule has 0 unspecified atom stereocenters. The highest BCUT2D eigenvalue weighted by Gasteiger charge is 2.27. The monoisotopic (exact) mass is 418 g/mol. The van der Waals surface area contributed by atoms with Crippen LogP contribution in [0.3, 0.4) is 0 Å². The quantitative estimate of drug-likeness (QED) is 0.268. The number of unbranched alkanes of at least 4 members (excludes halogenated alkanes) is 3. The van der Waals surface area contributed by atoms with Gasteiger partial charge >= 0.3 is 0 Å². The standard InChI is InChI=1S/C12H26N4O2S.HI/c1-2-3-4-5-7-14-12(13)15-8-10-16-9-6-11-19(16,17)18;/h2-11H2,1H3,(H3,13,14,15);1H. The molecule has 1 saturated heterocycles. The maximum Gasteiger partial charge on any atom is 0.214 e. The molecule has 0 aliphatic carbocycles. The van der Waals surface area contributed by atoms with Gasteiger partial charge in [0.2, 0.25) is 10.0 Å². The molecule has 0 saturated carbocycles. The number of hydrogen-bond donors (Lipinski definition) is 2. The zero-order chi connectivity index (χ0) is 14.1. The molecule has 0 aromatic carbocycles. The number of hydrogen-bond acceptors (Lipinski definition) is 3. The van der Waals surface area contributed by atoms with Gasteiger partial charge in [-0.3, -0.25) is 4.99 Å². The zero-order valence-electron chi connectivity index (χ0n) is 12.2. The molecule has 3 N–H and O–H groups in total. The number of rotatable bonds is 8. The lowest BCUT2D eigenvalue weighted by molar-refractivity contribution is 0.445. The predicted octanol–water partition coefficient (Wildman–Crippen LogP) is 1.12. The van der Waals surface area contributed by atoms with Crippen LogP contribution < -0.4 is 11.1 Å². The number of nitrogens with zero attached hydrogens (tertiary/aromatic N) is 2. The van der Waals surface area contributed by atoms with E-state index in [9.17, 15) is 8.42 Å². The van der Waals surface area contributed by atoms with Crippen molar-refractivity contribution in [2.45, 2.75) is 39.0 Å². The molecule has 1 fully saturated rings. The first-order chi connectivity index (χ1) is 9.06. The van der Waals surface area contributed by atoms with Gasteiger partial charge in [0.15, 0.2) is 5.96 Å². The molecule has 0 atom stereocenters. The summed E-state index contributed by atoms with van der Waals surface area (Å²) < 4.78 is 24.6. The molecular weight excluding hydrogens is 391 g/mol. The van der Waals surface area contributed by atoms with Gasteiger partial charge in [-0.2, -0.15) is 0 Å². The molecule has 8 heteroatoms. The van der Waals surface area contributed by atoms with Crippen LogP contribution in [0.2, 0.25) is 0 Å². The van der Waals surface area contributed by atoms with E-state index in [1.165, 1.54) is 23.6 Å². The van der Waals surface area contributed by atoms with Crippen molar-refractivity contribution in [2.75, 3.05) is 31.9 Å². The van der Waals surface area contributed by atoms with Crippen LogP contribution in [0.5, 0.6) is 0 Å². The molecule has 0 radical (unpaired) electrons. The zero-order valence-corrected chi connectivity index (χ0v) is 15.3. The van der Waals surface area contributed by atoms with E-state index in [4.69, 9.17) is 5.73 Å². The maximum atomic E-state index is 11.5. The van der Waals surface area contributed by atoms with Crippen molar-refractivity contribution in [3.8, 4) is 0 Å². The summed E-state index contributed by atoms with van der Waals surface area (Å²) in [6, 6.07) is 0. The third-order valence-electron chi connectivity index (χ3n) is 3.16. The minimum Gasteiger partial charge on any atom is -0.370 e. The number of guanidine groups is 1. The van der Waals surface area contributed by atoms with E-state index in [1.807, 2.05) is 0 Å². The average molecular weight is 418 g/mol. The Bertz CT molecular complexity index is 387. The van der Waals surface area contributed by atoms with E-state index in [0.29, 0.717) is 25.6 Å². The fraction of sp³-hybridized carbons (Fsp3) is 0.917. The average Bonchev–Trinajstić information content (AvgIpc) is 2.69. The third kappa shape index (κ3) is 7.63. The second kappa shape index (κ2) is 10.6. The first-order valence-electron chi connectivity index (χ1n) is 7.08. The van der Waals surface area contributed by atoms with Crippen molar-refractivity contribution >= 4 is 40.0 Å². The Morgan fingerprint density at radius 2 is 2.10 bits per heavy atom. The lowest BCUT2D eigenvalue weighted by Gasteiger charge is -2.14. The van der Waals surface area contributed by atoms with Gasteiger partial charge in [-0.15, -0.1) is 24.0 Å². The van der Waals surface area contributed by atoms with Crippen LogP contribution in [0.1, 0.15) is 39.0 Å². The van der Waals surface area contributed by atoms with Gasteiger partial charge < -0.3 is 11.1 Å². The summed E-state index contributed by atoms with van der Waals surface area (Å²) in [5.74, 6) is 0.682. The Labute approximate surface area is 139 Å². The Balaban J connectivity index is 0.00000361. The highest BCUT2D eigenvalue weighted by atomic mass is 127. The molecule has 0 amide bonds. The Morgan fingerprint density at radius 1 is 1.35 bits per heavy atom. The van der Waals surface area contributed by atoms with Crippen molar-refractivity contribution in [1.29, 1.82) is 0 Å². The second-order valence-electron chi connectivity index (χ2n) is 4.82. The molecular formula is C12H27IN4O2S. The lowest BCUT2D eigenvalue weighted by Crippen LogP contribution is -2.39. The predicted molar refractivity (Wildman–Crippen MR) is 94.0 cm³/mol. The van der Waals surface area contributed by atoms with Crippen molar-refractivity contribution in [2.24, 2.45) is 10.7 Å². The van der Waals surface area contributed by atoms with Crippen LogP contribution in [0.25, 0.3) is 0 Å². The third-order valence-corrected chi connectivity index (χ3v) is 5.12. The van der Waals surface area contributed by atoms with Gasteiger partial charge in [0.25, 0.3) is 0 Å². The largest absolute Gasteiger partial charge is 0.370 e. The fourth-order valence-corrected chi connectivity index (χ4v) is 3.57. The minimum absolute atomic E-state index is 0. The molecule has 0 spiro atoms. The fourth-order valence-electron chi connectivity index (χ4n) is 2.05. The highest BCUT2D eigenvalue weighted by molar-refractivity contribution is 14.0. The molecule has 120 valence electrons. The molecule has 1 aliphatic rings. The van der Waals surface area contributed by atoms with Crippen molar-refractivity contribution in [3.63, 3.8) is 0 Å². The molecule has 6 nitrogen and oxygen atoms in total.